The highest BCUT2D eigenvalue weighted by atomic mass is 35.5. The highest BCUT2D eigenvalue weighted by Gasteiger charge is 2.16. The summed E-state index contributed by atoms with van der Waals surface area (Å²) >= 11 is 18.3. The van der Waals surface area contributed by atoms with Crippen molar-refractivity contribution in [1.82, 2.24) is 9.78 Å². The van der Waals surface area contributed by atoms with Crippen molar-refractivity contribution < 1.29 is 9.84 Å². The molecule has 0 amide bonds. The van der Waals surface area contributed by atoms with Crippen LogP contribution < -0.4 is 4.74 Å². The molecular formula is C14H15Cl3N2O2. The fourth-order valence-corrected chi connectivity index (χ4v) is 2.95. The molecule has 1 N–H and O–H groups in total. The van der Waals surface area contributed by atoms with Gasteiger partial charge >= 0.3 is 0 Å². The minimum atomic E-state index is -0.213. The van der Waals surface area contributed by atoms with Crippen LogP contribution in [0.4, 0.5) is 0 Å². The van der Waals surface area contributed by atoms with Gasteiger partial charge in [0.05, 0.1) is 28.0 Å². The molecule has 0 atom stereocenters. The lowest BCUT2D eigenvalue weighted by Crippen LogP contribution is -2.05. The fourth-order valence-electron chi connectivity index (χ4n) is 2.01. The number of nitrogens with zero attached hydrogens (tertiary/aromatic N) is 2. The van der Waals surface area contributed by atoms with Gasteiger partial charge in [-0.2, -0.15) is 5.10 Å². The summed E-state index contributed by atoms with van der Waals surface area (Å²) in [4.78, 5) is 0. The van der Waals surface area contributed by atoms with E-state index < -0.39 is 0 Å². The molecule has 0 unspecified atom stereocenters. The Hall–Kier alpha value is -0.940. The Balaban J connectivity index is 2.27. The Bertz CT molecular complexity index is 656. The maximum Gasteiger partial charge on any atom is 0.144 e. The summed E-state index contributed by atoms with van der Waals surface area (Å²) in [6.07, 6.45) is 0.746. The smallest absolute Gasteiger partial charge is 0.144 e. The van der Waals surface area contributed by atoms with Gasteiger partial charge in [0.2, 0.25) is 0 Å². The third-order valence-corrected chi connectivity index (χ3v) is 4.05. The van der Waals surface area contributed by atoms with Crippen molar-refractivity contribution in [2.45, 2.75) is 26.6 Å². The van der Waals surface area contributed by atoms with E-state index >= 15 is 0 Å². The van der Waals surface area contributed by atoms with Crippen molar-refractivity contribution in [1.29, 1.82) is 0 Å². The zero-order valence-corrected chi connectivity index (χ0v) is 13.9. The molecule has 1 aromatic carbocycles. The van der Waals surface area contributed by atoms with Gasteiger partial charge < -0.3 is 9.84 Å². The molecule has 0 saturated heterocycles. The number of aliphatic hydroxyl groups excluding tert-OH is 1. The van der Waals surface area contributed by atoms with E-state index in [0.29, 0.717) is 26.4 Å². The maximum absolute atomic E-state index is 9.37. The first-order valence-electron chi connectivity index (χ1n) is 6.39. The molecule has 0 bridgehead atoms. The van der Waals surface area contributed by atoms with Crippen LogP contribution in [0.5, 0.6) is 5.75 Å². The Morgan fingerprint density at radius 2 is 2.00 bits per heavy atom. The molecule has 0 aliphatic rings. The van der Waals surface area contributed by atoms with Crippen LogP contribution in [-0.4, -0.2) is 14.9 Å². The molecular weight excluding hydrogens is 335 g/mol. The first-order valence-corrected chi connectivity index (χ1v) is 7.53. The summed E-state index contributed by atoms with van der Waals surface area (Å²) in [6.45, 7) is 1.98. The highest BCUT2D eigenvalue weighted by molar-refractivity contribution is 6.35. The van der Waals surface area contributed by atoms with Crippen LogP contribution in [0.15, 0.2) is 12.1 Å². The van der Waals surface area contributed by atoms with Gasteiger partial charge in [0.15, 0.2) is 0 Å². The molecule has 7 heteroatoms. The summed E-state index contributed by atoms with van der Waals surface area (Å²) < 4.78 is 7.41. The minimum Gasteiger partial charge on any atom is -0.485 e. The Morgan fingerprint density at radius 3 is 2.57 bits per heavy atom. The molecule has 0 fully saturated rings. The quantitative estimate of drug-likeness (QED) is 0.887. The topological polar surface area (TPSA) is 47.3 Å². The molecule has 21 heavy (non-hydrogen) atoms. The van der Waals surface area contributed by atoms with E-state index in [-0.39, 0.29) is 13.2 Å². The van der Waals surface area contributed by atoms with Crippen LogP contribution in [0.1, 0.15) is 23.9 Å². The van der Waals surface area contributed by atoms with E-state index in [4.69, 9.17) is 39.5 Å². The Labute approximate surface area is 138 Å². The summed E-state index contributed by atoms with van der Waals surface area (Å²) in [5, 5.41) is 15.1. The summed E-state index contributed by atoms with van der Waals surface area (Å²) in [5.41, 5.74) is 2.10. The summed E-state index contributed by atoms with van der Waals surface area (Å²) in [7, 11) is 1.81. The largest absolute Gasteiger partial charge is 0.485 e. The van der Waals surface area contributed by atoms with Crippen LogP contribution in [0, 0.1) is 0 Å². The number of halogens is 3. The number of hydrogen-bond acceptors (Lipinski definition) is 3. The number of aliphatic hydroxyl groups is 1. The number of aryl methyl sites for hydroxylation is 2. The molecule has 2 aromatic rings. The molecule has 0 spiro atoms. The second-order valence-corrected chi connectivity index (χ2v) is 5.73. The lowest BCUT2D eigenvalue weighted by Gasteiger charge is -2.13. The minimum absolute atomic E-state index is 0.205. The summed E-state index contributed by atoms with van der Waals surface area (Å²) in [6, 6.07) is 3.19. The van der Waals surface area contributed by atoms with Crippen molar-refractivity contribution in [3.63, 3.8) is 0 Å². The van der Waals surface area contributed by atoms with Gasteiger partial charge in [-0.1, -0.05) is 41.7 Å². The lowest BCUT2D eigenvalue weighted by atomic mass is 10.2. The molecule has 0 aliphatic heterocycles. The van der Waals surface area contributed by atoms with Gasteiger partial charge in [-0.15, -0.1) is 0 Å². The number of benzene rings is 1. The van der Waals surface area contributed by atoms with E-state index in [0.717, 1.165) is 17.8 Å². The molecule has 114 valence electrons. The number of ether oxygens (including phenoxy) is 1. The van der Waals surface area contributed by atoms with Gasteiger partial charge in [-0.05, 0) is 18.6 Å². The SMILES string of the molecule is CCc1nn(C)c(COc2c(Cl)cc(Cl)cc2CO)c1Cl. The van der Waals surface area contributed by atoms with E-state index in [2.05, 4.69) is 5.10 Å². The van der Waals surface area contributed by atoms with Crippen molar-refractivity contribution in [2.75, 3.05) is 0 Å². The zero-order valence-electron chi connectivity index (χ0n) is 11.7. The number of hydrogen-bond donors (Lipinski definition) is 1. The lowest BCUT2D eigenvalue weighted by molar-refractivity contribution is 0.255. The van der Waals surface area contributed by atoms with Crippen molar-refractivity contribution in [3.8, 4) is 5.75 Å². The van der Waals surface area contributed by atoms with E-state index in [9.17, 15) is 5.11 Å². The highest BCUT2D eigenvalue weighted by Crippen LogP contribution is 2.33. The van der Waals surface area contributed by atoms with Crippen molar-refractivity contribution >= 4 is 34.8 Å². The van der Waals surface area contributed by atoms with Crippen LogP contribution in [-0.2, 0) is 26.7 Å². The third kappa shape index (κ3) is 3.46. The zero-order chi connectivity index (χ0) is 15.6. The Morgan fingerprint density at radius 1 is 1.29 bits per heavy atom. The third-order valence-electron chi connectivity index (χ3n) is 3.11. The molecule has 4 nitrogen and oxygen atoms in total. The van der Waals surface area contributed by atoms with Crippen LogP contribution in [0.25, 0.3) is 0 Å². The van der Waals surface area contributed by atoms with Gasteiger partial charge in [-0.3, -0.25) is 4.68 Å². The first-order chi connectivity index (χ1) is 9.97. The molecule has 0 saturated carbocycles. The van der Waals surface area contributed by atoms with E-state index in [1.165, 1.54) is 0 Å². The predicted molar refractivity (Wildman–Crippen MR) is 84.3 cm³/mol. The molecule has 2 rings (SSSR count). The van der Waals surface area contributed by atoms with Crippen LogP contribution >= 0.6 is 34.8 Å². The number of rotatable bonds is 5. The second-order valence-electron chi connectivity index (χ2n) is 4.51. The first kappa shape index (κ1) is 16.4. The van der Waals surface area contributed by atoms with Crippen molar-refractivity contribution in [3.05, 3.63) is 44.2 Å². The average molecular weight is 350 g/mol. The van der Waals surface area contributed by atoms with Crippen molar-refractivity contribution in [2.24, 2.45) is 7.05 Å². The van der Waals surface area contributed by atoms with Gasteiger partial charge in [0.1, 0.15) is 12.4 Å². The standard InChI is InChI=1S/C14H15Cl3N2O2/c1-3-11-13(17)12(19(2)18-11)7-21-14-8(6-20)4-9(15)5-10(14)16/h4-5,20H,3,6-7H2,1-2H3. The normalized spacial score (nSPS) is 11.0. The number of aromatic nitrogens is 2. The average Bonchev–Trinajstić information content (AvgIpc) is 2.72. The fraction of sp³-hybridized carbons (Fsp3) is 0.357. The molecule has 0 radical (unpaired) electrons. The van der Waals surface area contributed by atoms with Gasteiger partial charge in [-0.25, -0.2) is 0 Å². The Kier molecular flexibility index (Phi) is 5.38. The maximum atomic E-state index is 9.37. The second kappa shape index (κ2) is 6.88. The molecule has 0 aliphatic carbocycles. The van der Waals surface area contributed by atoms with Gasteiger partial charge in [0, 0.05) is 17.6 Å². The molecule has 1 aromatic heterocycles. The van der Waals surface area contributed by atoms with Crippen LogP contribution in [0.2, 0.25) is 15.1 Å². The van der Waals surface area contributed by atoms with Gasteiger partial charge in [0.25, 0.3) is 0 Å². The molecule has 1 heterocycles. The summed E-state index contributed by atoms with van der Waals surface area (Å²) in [5.74, 6) is 0.402. The van der Waals surface area contributed by atoms with Crippen LogP contribution in [0.3, 0.4) is 0 Å². The monoisotopic (exact) mass is 348 g/mol. The van der Waals surface area contributed by atoms with E-state index in [1.807, 2.05) is 6.92 Å². The predicted octanol–water partition coefficient (Wildman–Crippen LogP) is 4.01. The van der Waals surface area contributed by atoms with E-state index in [1.54, 1.807) is 23.9 Å².